The number of anilines is 1. The molecule has 5 nitrogen and oxygen atoms in total. The number of methoxy groups -OCH3 is 1. The van der Waals surface area contributed by atoms with Gasteiger partial charge in [-0.3, -0.25) is 4.79 Å². The molecule has 1 amide bonds. The Morgan fingerprint density at radius 3 is 2.67 bits per heavy atom. The van der Waals surface area contributed by atoms with Gasteiger partial charge in [0, 0.05) is 38.2 Å². The minimum Gasteiger partial charge on any atom is -0.497 e. The number of amides is 1. The summed E-state index contributed by atoms with van der Waals surface area (Å²) in [5, 5.41) is 0. The summed E-state index contributed by atoms with van der Waals surface area (Å²) in [6, 6.07) is 9.77. The molecule has 2 unspecified atom stereocenters. The number of carbonyl (C=O) groups excluding carboxylic acids is 1. The van der Waals surface area contributed by atoms with Crippen LogP contribution < -0.4 is 9.64 Å². The van der Waals surface area contributed by atoms with E-state index in [2.05, 4.69) is 4.98 Å². The van der Waals surface area contributed by atoms with Crippen molar-refractivity contribution in [1.29, 1.82) is 0 Å². The van der Waals surface area contributed by atoms with Gasteiger partial charge in [-0.05, 0) is 42.7 Å². The van der Waals surface area contributed by atoms with E-state index in [0.717, 1.165) is 29.9 Å². The SMILES string of the molecule is COc1ccc(CCC(=O)N2CCC3CN(c4cc(C(F)(F)F)ccn4)CC32)cc1. The Morgan fingerprint density at radius 1 is 1.20 bits per heavy atom. The van der Waals surface area contributed by atoms with Crippen molar-refractivity contribution < 1.29 is 22.7 Å². The van der Waals surface area contributed by atoms with Crippen LogP contribution in [0, 0.1) is 5.92 Å². The minimum atomic E-state index is -4.39. The van der Waals surface area contributed by atoms with Crippen molar-refractivity contribution in [2.45, 2.75) is 31.5 Å². The van der Waals surface area contributed by atoms with Gasteiger partial charge >= 0.3 is 6.18 Å². The van der Waals surface area contributed by atoms with E-state index in [0.29, 0.717) is 38.3 Å². The maximum Gasteiger partial charge on any atom is 0.416 e. The van der Waals surface area contributed by atoms with Crippen LogP contribution in [0.2, 0.25) is 0 Å². The van der Waals surface area contributed by atoms with Crippen LogP contribution in [-0.2, 0) is 17.4 Å². The van der Waals surface area contributed by atoms with Crippen LogP contribution in [-0.4, -0.2) is 48.6 Å². The van der Waals surface area contributed by atoms with Gasteiger partial charge in [-0.15, -0.1) is 0 Å². The fourth-order valence-electron chi connectivity index (χ4n) is 4.41. The first kappa shape index (κ1) is 20.5. The molecule has 1 aromatic carbocycles. The summed E-state index contributed by atoms with van der Waals surface area (Å²) < 4.78 is 44.2. The van der Waals surface area contributed by atoms with Crippen LogP contribution in [0.25, 0.3) is 0 Å². The topological polar surface area (TPSA) is 45.7 Å². The van der Waals surface area contributed by atoms with E-state index in [4.69, 9.17) is 4.74 Å². The van der Waals surface area contributed by atoms with Crippen LogP contribution in [0.15, 0.2) is 42.6 Å². The molecule has 2 aromatic rings. The molecule has 0 bridgehead atoms. The monoisotopic (exact) mass is 419 g/mol. The average molecular weight is 419 g/mol. The highest BCUT2D eigenvalue weighted by Gasteiger charge is 2.43. The summed E-state index contributed by atoms with van der Waals surface area (Å²) in [4.78, 5) is 20.7. The van der Waals surface area contributed by atoms with Crippen molar-refractivity contribution in [3.05, 3.63) is 53.7 Å². The van der Waals surface area contributed by atoms with E-state index in [9.17, 15) is 18.0 Å². The Hall–Kier alpha value is -2.77. The minimum absolute atomic E-state index is 0.0321. The number of nitrogens with zero attached hydrogens (tertiary/aromatic N) is 3. The molecule has 0 radical (unpaired) electrons. The first-order valence-corrected chi connectivity index (χ1v) is 10.1. The molecule has 1 aromatic heterocycles. The van der Waals surface area contributed by atoms with Gasteiger partial charge in [0.25, 0.3) is 0 Å². The highest BCUT2D eigenvalue weighted by atomic mass is 19.4. The Balaban J connectivity index is 1.38. The number of halogens is 3. The number of fused-ring (bicyclic) bond motifs is 1. The summed E-state index contributed by atoms with van der Waals surface area (Å²) in [6.45, 7) is 1.86. The number of aryl methyl sites for hydroxylation is 1. The number of hydrogen-bond donors (Lipinski definition) is 0. The molecular weight excluding hydrogens is 395 g/mol. The lowest BCUT2D eigenvalue weighted by molar-refractivity contribution is -0.137. The number of carbonyl (C=O) groups is 1. The third-order valence-electron chi connectivity index (χ3n) is 6.05. The van der Waals surface area contributed by atoms with Gasteiger partial charge in [0.05, 0.1) is 18.7 Å². The summed E-state index contributed by atoms with van der Waals surface area (Å²) >= 11 is 0. The maximum atomic E-state index is 13.0. The molecule has 3 heterocycles. The zero-order valence-electron chi connectivity index (χ0n) is 16.7. The molecule has 0 N–H and O–H groups in total. The molecule has 160 valence electrons. The average Bonchev–Trinajstić information content (AvgIpc) is 3.33. The zero-order valence-corrected chi connectivity index (χ0v) is 16.7. The summed E-state index contributed by atoms with van der Waals surface area (Å²) in [5.41, 5.74) is 0.373. The number of hydrogen-bond acceptors (Lipinski definition) is 4. The van der Waals surface area contributed by atoms with Crippen molar-refractivity contribution in [2.75, 3.05) is 31.6 Å². The molecule has 2 atom stereocenters. The molecule has 0 aliphatic carbocycles. The van der Waals surface area contributed by atoms with E-state index in [-0.39, 0.29) is 17.9 Å². The lowest BCUT2D eigenvalue weighted by Gasteiger charge is -2.25. The molecular formula is C22H24F3N3O2. The predicted molar refractivity (Wildman–Crippen MR) is 106 cm³/mol. The van der Waals surface area contributed by atoms with Gasteiger partial charge < -0.3 is 14.5 Å². The third kappa shape index (κ3) is 4.22. The first-order valence-electron chi connectivity index (χ1n) is 10.1. The third-order valence-corrected chi connectivity index (χ3v) is 6.05. The Morgan fingerprint density at radius 2 is 1.97 bits per heavy atom. The fourth-order valence-corrected chi connectivity index (χ4v) is 4.41. The second kappa shape index (κ2) is 8.16. The highest BCUT2D eigenvalue weighted by Crippen LogP contribution is 2.36. The van der Waals surface area contributed by atoms with E-state index in [1.807, 2.05) is 34.1 Å². The first-order chi connectivity index (χ1) is 14.3. The van der Waals surface area contributed by atoms with E-state index < -0.39 is 11.7 Å². The largest absolute Gasteiger partial charge is 0.497 e. The molecule has 2 aliphatic rings. The summed E-state index contributed by atoms with van der Waals surface area (Å²) in [6.07, 6.45) is -1.26. The van der Waals surface area contributed by atoms with Crippen molar-refractivity contribution in [2.24, 2.45) is 5.92 Å². The van der Waals surface area contributed by atoms with Crippen molar-refractivity contribution in [1.82, 2.24) is 9.88 Å². The standard InChI is InChI=1S/C22H24F3N3O2/c1-30-18-5-2-15(3-6-18)4-7-21(29)28-11-9-16-13-27(14-19(16)28)20-12-17(8-10-26-20)22(23,24)25/h2-3,5-6,8,10,12,16,19H,4,7,9,11,13-14H2,1H3. The Bertz CT molecular complexity index is 901. The number of aromatic nitrogens is 1. The molecule has 0 saturated carbocycles. The number of likely N-dealkylation sites (tertiary alicyclic amines) is 1. The Kier molecular flexibility index (Phi) is 5.58. The molecule has 2 fully saturated rings. The molecule has 4 rings (SSSR count). The smallest absolute Gasteiger partial charge is 0.416 e. The summed E-state index contributed by atoms with van der Waals surface area (Å²) in [5.74, 6) is 1.47. The van der Waals surface area contributed by atoms with Gasteiger partial charge in [-0.1, -0.05) is 12.1 Å². The quantitative estimate of drug-likeness (QED) is 0.740. The molecule has 0 spiro atoms. The van der Waals surface area contributed by atoms with Crippen LogP contribution in [0.3, 0.4) is 0 Å². The van der Waals surface area contributed by atoms with Crippen LogP contribution in [0.4, 0.5) is 19.0 Å². The number of alkyl halides is 3. The lowest BCUT2D eigenvalue weighted by Crippen LogP contribution is -2.40. The fraction of sp³-hybridized carbons (Fsp3) is 0.455. The molecule has 2 aliphatic heterocycles. The van der Waals surface area contributed by atoms with Crippen LogP contribution in [0.5, 0.6) is 5.75 Å². The summed E-state index contributed by atoms with van der Waals surface area (Å²) in [7, 11) is 1.61. The lowest BCUT2D eigenvalue weighted by atomic mass is 10.0. The van der Waals surface area contributed by atoms with Crippen LogP contribution >= 0.6 is 0 Å². The molecule has 30 heavy (non-hydrogen) atoms. The van der Waals surface area contributed by atoms with Gasteiger partial charge in [-0.25, -0.2) is 4.98 Å². The number of rotatable bonds is 5. The van der Waals surface area contributed by atoms with E-state index in [1.165, 1.54) is 6.20 Å². The van der Waals surface area contributed by atoms with Gasteiger partial charge in [0.1, 0.15) is 11.6 Å². The van der Waals surface area contributed by atoms with Crippen molar-refractivity contribution in [3.63, 3.8) is 0 Å². The number of benzene rings is 1. The second-order valence-corrected chi connectivity index (χ2v) is 7.86. The maximum absolute atomic E-state index is 13.0. The molecule has 8 heteroatoms. The molecule has 2 saturated heterocycles. The normalized spacial score (nSPS) is 21.1. The van der Waals surface area contributed by atoms with Gasteiger partial charge in [-0.2, -0.15) is 13.2 Å². The highest BCUT2D eigenvalue weighted by molar-refractivity contribution is 5.77. The van der Waals surface area contributed by atoms with Gasteiger partial charge in [0.2, 0.25) is 5.91 Å². The van der Waals surface area contributed by atoms with E-state index >= 15 is 0 Å². The zero-order chi connectivity index (χ0) is 21.3. The van der Waals surface area contributed by atoms with Gasteiger partial charge in [0.15, 0.2) is 0 Å². The number of ether oxygens (including phenoxy) is 1. The Labute approximate surface area is 173 Å². The van der Waals surface area contributed by atoms with E-state index in [1.54, 1.807) is 7.11 Å². The van der Waals surface area contributed by atoms with Crippen molar-refractivity contribution in [3.8, 4) is 5.75 Å². The predicted octanol–water partition coefficient (Wildman–Crippen LogP) is 3.78. The van der Waals surface area contributed by atoms with Crippen molar-refractivity contribution >= 4 is 11.7 Å². The van der Waals surface area contributed by atoms with Crippen LogP contribution in [0.1, 0.15) is 24.0 Å². The number of pyridine rings is 1. The second-order valence-electron chi connectivity index (χ2n) is 7.86.